The van der Waals surface area contributed by atoms with E-state index in [9.17, 15) is 14.0 Å². The molecule has 0 radical (unpaired) electrons. The zero-order valence-electron chi connectivity index (χ0n) is 22.8. The molecular weight excluding hydrogens is 471 g/mol. The minimum absolute atomic E-state index is 0.0650. The molecule has 0 aliphatic carbocycles. The third kappa shape index (κ3) is 5.74. The van der Waals surface area contributed by atoms with Crippen molar-refractivity contribution in [2.24, 2.45) is 5.92 Å². The van der Waals surface area contributed by atoms with E-state index in [0.29, 0.717) is 35.0 Å². The van der Waals surface area contributed by atoms with Gasteiger partial charge < -0.3 is 24.5 Å². The standard InChI is InChI=1S/C29H39FN4O3/c1-18-15-25(37-6)23(27(35)32-18)16-31-28(36)26-20(3)34(24-10-8-7-9-22(24)26)19(2)21-11-13-33(14-12-21)17-29(4,5)30/h7-10,15,19,21H,11-14,16-17H2,1-6H3,(H,31,36)(H,32,35)/t19-/m1/s1. The minimum atomic E-state index is -1.19. The number of halogens is 1. The molecular formula is C29H39FN4O3. The zero-order valence-corrected chi connectivity index (χ0v) is 22.8. The highest BCUT2D eigenvalue weighted by Gasteiger charge is 2.31. The number of para-hydroxylation sites is 1. The molecule has 0 saturated carbocycles. The first-order valence-corrected chi connectivity index (χ1v) is 13.1. The third-order valence-corrected chi connectivity index (χ3v) is 7.58. The van der Waals surface area contributed by atoms with Crippen molar-refractivity contribution in [2.75, 3.05) is 26.7 Å². The van der Waals surface area contributed by atoms with Crippen molar-refractivity contribution in [1.82, 2.24) is 19.8 Å². The summed E-state index contributed by atoms with van der Waals surface area (Å²) >= 11 is 0. The van der Waals surface area contributed by atoms with Gasteiger partial charge >= 0.3 is 0 Å². The van der Waals surface area contributed by atoms with Crippen LogP contribution in [0.3, 0.4) is 0 Å². The number of methoxy groups -OCH3 is 1. The Morgan fingerprint density at radius 2 is 1.92 bits per heavy atom. The number of aromatic amines is 1. The fourth-order valence-corrected chi connectivity index (χ4v) is 5.83. The molecule has 37 heavy (non-hydrogen) atoms. The Labute approximate surface area is 218 Å². The van der Waals surface area contributed by atoms with Crippen LogP contribution in [0.15, 0.2) is 35.1 Å². The first-order chi connectivity index (χ1) is 17.5. The normalized spacial score (nSPS) is 16.2. The number of nitrogens with zero attached hydrogens (tertiary/aromatic N) is 2. The average molecular weight is 511 g/mol. The lowest BCUT2D eigenvalue weighted by atomic mass is 9.89. The van der Waals surface area contributed by atoms with E-state index in [0.717, 1.165) is 42.5 Å². The smallest absolute Gasteiger partial charge is 0.256 e. The molecule has 1 atom stereocenters. The van der Waals surface area contributed by atoms with Gasteiger partial charge in [-0.1, -0.05) is 18.2 Å². The van der Waals surface area contributed by atoms with E-state index >= 15 is 0 Å². The van der Waals surface area contributed by atoms with Crippen molar-refractivity contribution in [3.8, 4) is 5.75 Å². The molecule has 0 bridgehead atoms. The highest BCUT2D eigenvalue weighted by atomic mass is 19.1. The van der Waals surface area contributed by atoms with Gasteiger partial charge in [0.05, 0.1) is 24.8 Å². The van der Waals surface area contributed by atoms with Crippen molar-refractivity contribution in [3.63, 3.8) is 0 Å². The summed E-state index contributed by atoms with van der Waals surface area (Å²) in [5, 5.41) is 3.84. The van der Waals surface area contributed by atoms with Crippen LogP contribution in [0, 0.1) is 19.8 Å². The number of piperidine rings is 1. The lowest BCUT2D eigenvalue weighted by Gasteiger charge is -2.37. The molecule has 3 aromatic rings. The van der Waals surface area contributed by atoms with Crippen molar-refractivity contribution >= 4 is 16.8 Å². The van der Waals surface area contributed by atoms with Crippen LogP contribution >= 0.6 is 0 Å². The van der Waals surface area contributed by atoms with E-state index in [1.54, 1.807) is 26.8 Å². The number of aromatic nitrogens is 2. The number of pyridine rings is 1. The van der Waals surface area contributed by atoms with Crippen LogP contribution in [0.1, 0.15) is 67.0 Å². The second-order valence-electron chi connectivity index (χ2n) is 10.9. The van der Waals surface area contributed by atoms with Gasteiger partial charge in [-0.05, 0) is 78.6 Å². The van der Waals surface area contributed by atoms with E-state index in [1.165, 1.54) is 7.11 Å². The number of ether oxygens (including phenoxy) is 1. The van der Waals surface area contributed by atoms with Gasteiger partial charge in [-0.2, -0.15) is 0 Å². The lowest BCUT2D eigenvalue weighted by molar-refractivity contribution is 0.0862. The fourth-order valence-electron chi connectivity index (χ4n) is 5.83. The van der Waals surface area contributed by atoms with Gasteiger partial charge in [0, 0.05) is 34.9 Å². The van der Waals surface area contributed by atoms with E-state index in [1.807, 2.05) is 25.1 Å². The number of hydrogen-bond acceptors (Lipinski definition) is 4. The molecule has 1 aromatic carbocycles. The number of likely N-dealkylation sites (tertiary alicyclic amines) is 1. The number of H-pyrrole nitrogens is 1. The van der Waals surface area contributed by atoms with Crippen LogP contribution < -0.4 is 15.6 Å². The van der Waals surface area contributed by atoms with Crippen molar-refractivity contribution in [3.05, 3.63) is 63.2 Å². The first kappa shape index (κ1) is 26.9. The molecule has 2 aromatic heterocycles. The first-order valence-electron chi connectivity index (χ1n) is 13.1. The molecule has 0 spiro atoms. The maximum absolute atomic E-state index is 14.1. The van der Waals surface area contributed by atoms with Gasteiger partial charge in [0.25, 0.3) is 11.5 Å². The van der Waals surface area contributed by atoms with Crippen LogP contribution in [0.2, 0.25) is 0 Å². The van der Waals surface area contributed by atoms with Crippen LogP contribution in [0.5, 0.6) is 5.75 Å². The number of nitrogens with one attached hydrogen (secondary N) is 2. The largest absolute Gasteiger partial charge is 0.496 e. The molecule has 1 amide bonds. The van der Waals surface area contributed by atoms with Gasteiger partial charge in [-0.15, -0.1) is 0 Å². The summed E-state index contributed by atoms with van der Waals surface area (Å²) < 4.78 is 21.8. The van der Waals surface area contributed by atoms with Crippen molar-refractivity contribution in [2.45, 2.75) is 65.7 Å². The molecule has 2 N–H and O–H groups in total. The Balaban J connectivity index is 1.58. The number of aryl methyl sites for hydroxylation is 1. The van der Waals surface area contributed by atoms with Gasteiger partial charge in [-0.25, -0.2) is 4.39 Å². The van der Waals surface area contributed by atoms with Crippen LogP contribution in [0.25, 0.3) is 10.9 Å². The summed E-state index contributed by atoms with van der Waals surface area (Å²) in [6.07, 6.45) is 1.97. The summed E-state index contributed by atoms with van der Waals surface area (Å²) in [7, 11) is 1.52. The number of amides is 1. The molecule has 3 heterocycles. The SMILES string of the molecule is COc1cc(C)[nH]c(=O)c1CNC(=O)c1c(C)n([C@H](C)C2CCN(CC(C)(C)F)CC2)c2ccccc12. The highest BCUT2D eigenvalue weighted by Crippen LogP contribution is 2.36. The van der Waals surface area contributed by atoms with Gasteiger partial charge in [0.15, 0.2) is 0 Å². The number of carbonyl (C=O) groups is 1. The molecule has 1 fully saturated rings. The fraction of sp³-hybridized carbons (Fsp3) is 0.517. The number of alkyl halides is 1. The minimum Gasteiger partial charge on any atom is -0.496 e. The summed E-state index contributed by atoms with van der Waals surface area (Å²) in [4.78, 5) is 31.0. The Morgan fingerprint density at radius 1 is 1.24 bits per heavy atom. The molecule has 1 saturated heterocycles. The lowest BCUT2D eigenvalue weighted by Crippen LogP contribution is -2.42. The second-order valence-corrected chi connectivity index (χ2v) is 10.9. The predicted octanol–water partition coefficient (Wildman–Crippen LogP) is 4.91. The van der Waals surface area contributed by atoms with Crippen LogP contribution in [-0.2, 0) is 6.54 Å². The van der Waals surface area contributed by atoms with E-state index in [4.69, 9.17) is 4.74 Å². The molecule has 200 valence electrons. The van der Waals surface area contributed by atoms with Crippen molar-refractivity contribution < 1.29 is 13.9 Å². The Kier molecular flexibility index (Phi) is 7.78. The Bertz CT molecular complexity index is 1330. The quantitative estimate of drug-likeness (QED) is 0.452. The van der Waals surface area contributed by atoms with Crippen LogP contribution in [0.4, 0.5) is 4.39 Å². The van der Waals surface area contributed by atoms with Gasteiger partial charge in [0.2, 0.25) is 0 Å². The van der Waals surface area contributed by atoms with E-state index < -0.39 is 5.67 Å². The third-order valence-electron chi connectivity index (χ3n) is 7.58. The molecule has 7 nitrogen and oxygen atoms in total. The highest BCUT2D eigenvalue weighted by molar-refractivity contribution is 6.08. The zero-order chi connectivity index (χ0) is 26.9. The van der Waals surface area contributed by atoms with E-state index in [-0.39, 0.29) is 24.1 Å². The molecule has 1 aliphatic rings. The van der Waals surface area contributed by atoms with Gasteiger partial charge in [0.1, 0.15) is 11.4 Å². The van der Waals surface area contributed by atoms with Crippen LogP contribution in [-0.4, -0.2) is 52.8 Å². The van der Waals surface area contributed by atoms with Crippen molar-refractivity contribution in [1.29, 1.82) is 0 Å². The van der Waals surface area contributed by atoms with Gasteiger partial charge in [-0.3, -0.25) is 9.59 Å². The number of rotatable bonds is 8. The molecule has 1 aliphatic heterocycles. The topological polar surface area (TPSA) is 79.4 Å². The maximum atomic E-state index is 14.1. The van der Waals surface area contributed by atoms with E-state index in [2.05, 4.69) is 32.8 Å². The number of carbonyl (C=O) groups excluding carboxylic acids is 1. The summed E-state index contributed by atoms with van der Waals surface area (Å²) in [6, 6.07) is 9.91. The summed E-state index contributed by atoms with van der Waals surface area (Å²) in [6.45, 7) is 11.5. The number of hydrogen-bond donors (Lipinski definition) is 2. The second kappa shape index (κ2) is 10.7. The predicted molar refractivity (Wildman–Crippen MR) is 145 cm³/mol. The molecule has 8 heteroatoms. The Hall–Kier alpha value is -3.13. The maximum Gasteiger partial charge on any atom is 0.256 e. The molecule has 0 unspecified atom stereocenters. The average Bonchev–Trinajstić information content (AvgIpc) is 3.13. The number of benzene rings is 1. The summed E-state index contributed by atoms with van der Waals surface area (Å²) in [5.74, 6) is 0.665. The Morgan fingerprint density at radius 3 is 2.57 bits per heavy atom. The number of fused-ring (bicyclic) bond motifs is 1. The monoisotopic (exact) mass is 510 g/mol. The summed E-state index contributed by atoms with van der Waals surface area (Å²) in [5.41, 5.74) is 2.18. The molecule has 4 rings (SSSR count).